The third-order valence-electron chi connectivity index (χ3n) is 10.4. The molecule has 0 saturated heterocycles. The summed E-state index contributed by atoms with van der Waals surface area (Å²) in [7, 11) is -1.47. The number of benzene rings is 10. The predicted octanol–water partition coefficient (Wildman–Crippen LogP) is 14.7. The third-order valence-corrected chi connectivity index (χ3v) is 16.0. The summed E-state index contributed by atoms with van der Waals surface area (Å²) in [6, 6.07) is 86.1. The molecule has 0 saturated carbocycles. The zero-order valence-electron chi connectivity index (χ0n) is 37.8. The molecule has 10 aromatic rings. The van der Waals surface area contributed by atoms with Crippen LogP contribution in [0.1, 0.15) is 0 Å². The molecule has 70 heavy (non-hydrogen) atoms. The molecule has 0 atom stereocenters. The van der Waals surface area contributed by atoms with E-state index in [0.29, 0.717) is 4.47 Å². The van der Waals surface area contributed by atoms with Crippen LogP contribution in [-0.2, 0) is 0 Å². The van der Waals surface area contributed by atoms with E-state index < -0.39 is 27.5 Å². The maximum atomic E-state index is 13.2. The fraction of sp³-hybridized carbons (Fsp3) is 0. The minimum atomic E-state index is -0.733. The SMILES string of the molecule is Fc1ccccc1Br.Fc1ccccc1Nc1ccccc1F.Nc1ccccc1F.c1ccc(P(c2ccccc2)c2ccccc2Nc2ccccc2P(c2ccccc2)c2ccccc2)cc1. The van der Waals surface area contributed by atoms with Crippen LogP contribution in [0.2, 0.25) is 0 Å². The molecular formula is C60H48BrF4N3P2. The van der Waals surface area contributed by atoms with Crippen molar-refractivity contribution in [3.8, 4) is 0 Å². The summed E-state index contributed by atoms with van der Waals surface area (Å²) in [4.78, 5) is 0. The Morgan fingerprint density at radius 2 is 0.557 bits per heavy atom. The molecule has 0 aliphatic heterocycles. The maximum absolute atomic E-state index is 13.2. The summed E-state index contributed by atoms with van der Waals surface area (Å²) in [5, 5.41) is 14.6. The average Bonchev–Trinajstić information content (AvgIpc) is 3.40. The number of hydrogen-bond acceptors (Lipinski definition) is 3. The molecule has 10 aromatic carbocycles. The number of nitrogens with two attached hydrogens (primary N) is 1. The first-order valence-corrected chi connectivity index (χ1v) is 25.7. The van der Waals surface area contributed by atoms with E-state index in [0.717, 1.165) is 11.4 Å². The molecule has 10 rings (SSSR count). The van der Waals surface area contributed by atoms with Gasteiger partial charge in [0.2, 0.25) is 0 Å². The van der Waals surface area contributed by atoms with Gasteiger partial charge in [-0.2, -0.15) is 0 Å². The van der Waals surface area contributed by atoms with E-state index >= 15 is 0 Å². The normalized spacial score (nSPS) is 10.4. The lowest BCUT2D eigenvalue weighted by molar-refractivity contribution is 0.621. The van der Waals surface area contributed by atoms with Crippen molar-refractivity contribution in [3.63, 3.8) is 0 Å². The Hall–Kier alpha value is -7.34. The minimum absolute atomic E-state index is 0.201. The maximum Gasteiger partial charge on any atom is 0.146 e. The molecule has 0 radical (unpaired) electrons. The standard InChI is InChI=1S/C36H29NP2.C12H9F2N.C6H4BrF.C6H6FN/c1-5-17-29(18-6-1)38(30-19-7-2-8-20-30)35-27-15-13-25-33(35)37-34-26-14-16-28-36(34)39(31-21-9-3-10-22-31)32-23-11-4-12-24-32;13-9-5-1-3-7-11(9)15-12-8-4-2-6-10(12)14;2*7-5-3-1-2-4-6(5)8/h1-28,37H;1-8,15H;1-4H;1-4H,8H2. The third kappa shape index (κ3) is 14.4. The van der Waals surface area contributed by atoms with Crippen LogP contribution in [-0.4, -0.2) is 0 Å². The Morgan fingerprint density at radius 1 is 0.286 bits per heavy atom. The fourth-order valence-corrected chi connectivity index (χ4v) is 12.1. The quantitative estimate of drug-likeness (QED) is 0.0727. The van der Waals surface area contributed by atoms with Crippen LogP contribution in [0.15, 0.2) is 271 Å². The molecule has 0 fully saturated rings. The van der Waals surface area contributed by atoms with E-state index in [2.05, 4.69) is 196 Å². The average molecular weight is 1030 g/mol. The zero-order valence-corrected chi connectivity index (χ0v) is 41.1. The van der Waals surface area contributed by atoms with Crippen LogP contribution in [0.5, 0.6) is 0 Å². The summed E-state index contributed by atoms with van der Waals surface area (Å²) >= 11 is 3.02. The molecule has 0 aliphatic carbocycles. The van der Waals surface area contributed by atoms with Gasteiger partial charge in [0.15, 0.2) is 0 Å². The van der Waals surface area contributed by atoms with Crippen molar-refractivity contribution in [2.24, 2.45) is 0 Å². The molecule has 4 N–H and O–H groups in total. The molecule has 3 nitrogen and oxygen atoms in total. The summed E-state index contributed by atoms with van der Waals surface area (Å²) < 4.78 is 51.4. The Morgan fingerprint density at radius 3 is 0.857 bits per heavy atom. The van der Waals surface area contributed by atoms with E-state index in [9.17, 15) is 17.6 Å². The second kappa shape index (κ2) is 26.4. The molecule has 10 heteroatoms. The number of anilines is 5. The first kappa shape index (κ1) is 50.5. The highest BCUT2D eigenvalue weighted by Gasteiger charge is 2.22. The second-order valence-corrected chi connectivity index (χ2v) is 20.4. The van der Waals surface area contributed by atoms with Gasteiger partial charge in [-0.25, -0.2) is 17.6 Å². The van der Waals surface area contributed by atoms with Gasteiger partial charge in [-0.1, -0.05) is 206 Å². The second-order valence-electron chi connectivity index (χ2n) is 15.2. The largest absolute Gasteiger partial charge is 0.396 e. The number of halogens is 5. The Kier molecular flexibility index (Phi) is 19.1. The van der Waals surface area contributed by atoms with Crippen molar-refractivity contribution in [3.05, 3.63) is 295 Å². The lowest BCUT2D eigenvalue weighted by Gasteiger charge is -2.25. The van der Waals surface area contributed by atoms with Crippen LogP contribution in [0.4, 0.5) is 46.0 Å². The van der Waals surface area contributed by atoms with Crippen LogP contribution >= 0.6 is 31.8 Å². The molecule has 0 heterocycles. The van der Waals surface area contributed by atoms with Gasteiger partial charge in [0.05, 0.1) is 21.5 Å². The number of rotatable bonds is 10. The lowest BCUT2D eigenvalue weighted by Crippen LogP contribution is -2.25. The topological polar surface area (TPSA) is 50.1 Å². The highest BCUT2D eigenvalue weighted by molar-refractivity contribution is 9.10. The van der Waals surface area contributed by atoms with Gasteiger partial charge in [0.1, 0.15) is 23.3 Å². The molecule has 0 aromatic heterocycles. The summed E-state index contributed by atoms with van der Waals surface area (Å²) in [6.45, 7) is 0. The highest BCUT2D eigenvalue weighted by Crippen LogP contribution is 2.39. The number of nitrogen functional groups attached to an aromatic ring is 1. The van der Waals surface area contributed by atoms with Gasteiger partial charge >= 0.3 is 0 Å². The Balaban J connectivity index is 0.000000187. The van der Waals surface area contributed by atoms with Gasteiger partial charge in [0, 0.05) is 22.0 Å². The number of para-hydroxylation sites is 5. The van der Waals surface area contributed by atoms with Crippen molar-refractivity contribution in [2.45, 2.75) is 0 Å². The monoisotopic (exact) mass is 1030 g/mol. The first-order chi connectivity index (χ1) is 34.3. The van der Waals surface area contributed by atoms with E-state index in [1.54, 1.807) is 66.7 Å². The van der Waals surface area contributed by atoms with E-state index in [4.69, 9.17) is 5.73 Å². The summed E-state index contributed by atoms with van der Waals surface area (Å²) in [6.07, 6.45) is 0. The van der Waals surface area contributed by atoms with E-state index in [-0.39, 0.29) is 28.7 Å². The molecule has 0 bridgehead atoms. The number of nitrogens with one attached hydrogen (secondary N) is 2. The van der Waals surface area contributed by atoms with Crippen LogP contribution in [0.25, 0.3) is 0 Å². The highest BCUT2D eigenvalue weighted by atomic mass is 79.9. The summed E-state index contributed by atoms with van der Waals surface area (Å²) in [5.41, 5.74) is 8.18. The smallest absolute Gasteiger partial charge is 0.146 e. The van der Waals surface area contributed by atoms with Gasteiger partial charge in [0.25, 0.3) is 0 Å². The van der Waals surface area contributed by atoms with Gasteiger partial charge in [-0.3, -0.25) is 0 Å². The minimum Gasteiger partial charge on any atom is -0.396 e. The first-order valence-electron chi connectivity index (χ1n) is 22.2. The van der Waals surface area contributed by atoms with Crippen molar-refractivity contribution >= 4 is 92.0 Å². The molecule has 0 amide bonds. The molecule has 0 spiro atoms. The molecule has 0 unspecified atom stereocenters. The fourth-order valence-electron chi connectivity index (χ4n) is 7.04. The summed E-state index contributed by atoms with van der Waals surface area (Å²) in [5.74, 6) is -1.37. The number of hydrogen-bond donors (Lipinski definition) is 3. The molecule has 0 aliphatic rings. The van der Waals surface area contributed by atoms with E-state index in [1.165, 1.54) is 62.2 Å². The lowest BCUT2D eigenvalue weighted by atomic mass is 10.2. The van der Waals surface area contributed by atoms with Crippen molar-refractivity contribution in [1.82, 2.24) is 0 Å². The molecular weight excluding hydrogens is 981 g/mol. The predicted molar refractivity (Wildman–Crippen MR) is 295 cm³/mol. The Bertz CT molecular complexity index is 2820. The van der Waals surface area contributed by atoms with Crippen molar-refractivity contribution < 1.29 is 17.6 Å². The van der Waals surface area contributed by atoms with Crippen molar-refractivity contribution in [2.75, 3.05) is 16.4 Å². The van der Waals surface area contributed by atoms with E-state index in [1.807, 2.05) is 0 Å². The van der Waals surface area contributed by atoms with Crippen LogP contribution in [0, 0.1) is 23.3 Å². The van der Waals surface area contributed by atoms with Crippen LogP contribution in [0.3, 0.4) is 0 Å². The van der Waals surface area contributed by atoms with Gasteiger partial charge in [-0.05, 0) is 114 Å². The van der Waals surface area contributed by atoms with Crippen LogP contribution < -0.4 is 48.2 Å². The molecule has 348 valence electrons. The van der Waals surface area contributed by atoms with Gasteiger partial charge in [-0.15, -0.1) is 0 Å². The Labute approximate surface area is 418 Å². The van der Waals surface area contributed by atoms with Crippen molar-refractivity contribution in [1.29, 1.82) is 0 Å². The zero-order chi connectivity index (χ0) is 48.9. The van der Waals surface area contributed by atoms with Gasteiger partial charge < -0.3 is 16.4 Å².